The molecule has 1 fully saturated rings. The number of hydrogen-bond donors (Lipinski definition) is 2. The van der Waals surface area contributed by atoms with Gasteiger partial charge in [-0.15, -0.1) is 0 Å². The van der Waals surface area contributed by atoms with Gasteiger partial charge in [0.15, 0.2) is 5.96 Å². The van der Waals surface area contributed by atoms with Crippen molar-refractivity contribution in [3.8, 4) is 11.5 Å². The Morgan fingerprint density at radius 1 is 1.16 bits per heavy atom. The Kier molecular flexibility index (Phi) is 8.04. The Balaban J connectivity index is 1.75. The second-order valence-corrected chi connectivity index (χ2v) is 8.18. The van der Waals surface area contributed by atoms with Crippen LogP contribution >= 0.6 is 11.6 Å². The summed E-state index contributed by atoms with van der Waals surface area (Å²) in [4.78, 5) is 4.44. The minimum Gasteiger partial charge on any atom is -0.497 e. The number of halogens is 1. The molecule has 3 rings (SSSR count). The van der Waals surface area contributed by atoms with Crippen LogP contribution in [0.4, 0.5) is 0 Å². The number of nitrogens with zero attached hydrogens (tertiary/aromatic N) is 1. The average molecular weight is 446 g/mol. The van der Waals surface area contributed by atoms with E-state index in [9.17, 15) is 0 Å². The standard InChI is InChI=1S/C24H32ClN3O3/c1-17(19-15-18(29-3)9-10-22(19)30-4)28-23(26-2)27-16-24(11-13-31-14-12-24)20-7-5-6-8-21(20)25/h5-10,15,17H,11-14,16H2,1-4H3,(H2,26,27,28). The van der Waals surface area contributed by atoms with Crippen molar-refractivity contribution in [2.24, 2.45) is 4.99 Å². The maximum Gasteiger partial charge on any atom is 0.191 e. The van der Waals surface area contributed by atoms with E-state index in [1.807, 2.05) is 36.4 Å². The molecule has 1 unspecified atom stereocenters. The van der Waals surface area contributed by atoms with Crippen LogP contribution in [0.15, 0.2) is 47.5 Å². The molecule has 1 saturated heterocycles. The number of aliphatic imine (C=N–C) groups is 1. The predicted octanol–water partition coefficient (Wildman–Crippen LogP) is 4.33. The number of guanidine groups is 1. The second kappa shape index (κ2) is 10.7. The third-order valence-corrected chi connectivity index (χ3v) is 6.30. The zero-order valence-electron chi connectivity index (χ0n) is 18.7. The number of hydrogen-bond acceptors (Lipinski definition) is 4. The molecule has 2 aromatic rings. The highest BCUT2D eigenvalue weighted by Crippen LogP contribution is 2.38. The average Bonchev–Trinajstić information content (AvgIpc) is 2.82. The Labute approximate surface area is 190 Å². The lowest BCUT2D eigenvalue weighted by molar-refractivity contribution is 0.0514. The van der Waals surface area contributed by atoms with Gasteiger partial charge in [0.2, 0.25) is 0 Å². The van der Waals surface area contributed by atoms with Crippen LogP contribution in [-0.2, 0) is 10.2 Å². The van der Waals surface area contributed by atoms with Gasteiger partial charge >= 0.3 is 0 Å². The van der Waals surface area contributed by atoms with Crippen LogP contribution in [0.1, 0.15) is 36.9 Å². The predicted molar refractivity (Wildman–Crippen MR) is 126 cm³/mol. The van der Waals surface area contributed by atoms with E-state index >= 15 is 0 Å². The summed E-state index contributed by atoms with van der Waals surface area (Å²) in [5.74, 6) is 2.30. The summed E-state index contributed by atoms with van der Waals surface area (Å²) in [6.45, 7) is 4.22. The molecule has 0 aromatic heterocycles. The molecule has 6 nitrogen and oxygen atoms in total. The third-order valence-electron chi connectivity index (χ3n) is 5.97. The summed E-state index contributed by atoms with van der Waals surface area (Å²) in [6.07, 6.45) is 1.81. The van der Waals surface area contributed by atoms with Gasteiger partial charge in [0.05, 0.1) is 20.3 Å². The third kappa shape index (κ3) is 5.43. The van der Waals surface area contributed by atoms with Gasteiger partial charge in [-0.05, 0) is 49.6 Å². The molecule has 1 aliphatic rings. The van der Waals surface area contributed by atoms with Crippen LogP contribution < -0.4 is 20.1 Å². The van der Waals surface area contributed by atoms with E-state index in [2.05, 4.69) is 28.6 Å². The van der Waals surface area contributed by atoms with Gasteiger partial charge in [0.1, 0.15) is 11.5 Å². The van der Waals surface area contributed by atoms with Gasteiger partial charge in [-0.1, -0.05) is 29.8 Å². The first-order chi connectivity index (χ1) is 15.0. The molecule has 0 saturated carbocycles. The lowest BCUT2D eigenvalue weighted by Gasteiger charge is -2.39. The molecule has 31 heavy (non-hydrogen) atoms. The van der Waals surface area contributed by atoms with E-state index < -0.39 is 0 Å². The first-order valence-electron chi connectivity index (χ1n) is 10.5. The molecule has 2 N–H and O–H groups in total. The van der Waals surface area contributed by atoms with Gasteiger partial charge in [-0.3, -0.25) is 4.99 Å². The Morgan fingerprint density at radius 3 is 2.55 bits per heavy atom. The zero-order valence-corrected chi connectivity index (χ0v) is 19.5. The van der Waals surface area contributed by atoms with E-state index in [1.54, 1.807) is 21.3 Å². The Morgan fingerprint density at radius 2 is 1.90 bits per heavy atom. The maximum absolute atomic E-state index is 6.58. The van der Waals surface area contributed by atoms with E-state index in [0.29, 0.717) is 6.54 Å². The molecule has 0 radical (unpaired) electrons. The largest absolute Gasteiger partial charge is 0.497 e. The van der Waals surface area contributed by atoms with Crippen molar-refractivity contribution in [2.45, 2.75) is 31.2 Å². The van der Waals surface area contributed by atoms with E-state index in [1.165, 1.54) is 0 Å². The smallest absolute Gasteiger partial charge is 0.191 e. The van der Waals surface area contributed by atoms with Gasteiger partial charge in [-0.2, -0.15) is 0 Å². The molecule has 1 aliphatic heterocycles. The van der Waals surface area contributed by atoms with E-state index in [0.717, 1.165) is 59.7 Å². The first kappa shape index (κ1) is 23.2. The van der Waals surface area contributed by atoms with Crippen molar-refractivity contribution >= 4 is 17.6 Å². The van der Waals surface area contributed by atoms with Crippen LogP contribution in [0.3, 0.4) is 0 Å². The zero-order chi connectivity index (χ0) is 22.3. The SMILES string of the molecule is CN=C(NCC1(c2ccccc2Cl)CCOCC1)NC(C)c1cc(OC)ccc1OC. The highest BCUT2D eigenvalue weighted by molar-refractivity contribution is 6.31. The fourth-order valence-electron chi connectivity index (χ4n) is 4.10. The molecule has 0 amide bonds. The van der Waals surface area contributed by atoms with Crippen molar-refractivity contribution in [2.75, 3.05) is 41.0 Å². The number of nitrogens with one attached hydrogen (secondary N) is 2. The summed E-state index contributed by atoms with van der Waals surface area (Å²) in [5.41, 5.74) is 2.05. The number of ether oxygens (including phenoxy) is 3. The van der Waals surface area contributed by atoms with Crippen molar-refractivity contribution < 1.29 is 14.2 Å². The minimum absolute atomic E-state index is 0.0396. The van der Waals surface area contributed by atoms with Crippen molar-refractivity contribution in [3.05, 3.63) is 58.6 Å². The maximum atomic E-state index is 6.58. The minimum atomic E-state index is -0.106. The van der Waals surface area contributed by atoms with Crippen LogP contribution in [0.5, 0.6) is 11.5 Å². The fraction of sp³-hybridized carbons (Fsp3) is 0.458. The van der Waals surface area contributed by atoms with E-state index in [-0.39, 0.29) is 11.5 Å². The molecule has 2 aromatic carbocycles. The molecular formula is C24H32ClN3O3. The Hall–Kier alpha value is -2.44. The summed E-state index contributed by atoms with van der Waals surface area (Å²) < 4.78 is 16.6. The molecule has 1 heterocycles. The van der Waals surface area contributed by atoms with E-state index in [4.69, 9.17) is 25.8 Å². The number of benzene rings is 2. The summed E-state index contributed by atoms with van der Waals surface area (Å²) in [6, 6.07) is 13.8. The highest BCUT2D eigenvalue weighted by atomic mass is 35.5. The number of rotatable bonds is 7. The van der Waals surface area contributed by atoms with Crippen LogP contribution in [0.2, 0.25) is 5.02 Å². The molecule has 0 spiro atoms. The summed E-state index contributed by atoms with van der Waals surface area (Å²) >= 11 is 6.58. The van der Waals surface area contributed by atoms with Gasteiger partial charge in [0, 0.05) is 42.8 Å². The second-order valence-electron chi connectivity index (χ2n) is 7.77. The summed E-state index contributed by atoms with van der Waals surface area (Å²) in [7, 11) is 5.10. The van der Waals surface area contributed by atoms with Gasteiger partial charge in [-0.25, -0.2) is 0 Å². The van der Waals surface area contributed by atoms with Crippen molar-refractivity contribution in [1.29, 1.82) is 0 Å². The van der Waals surface area contributed by atoms with Crippen LogP contribution in [0, 0.1) is 0 Å². The summed E-state index contributed by atoms with van der Waals surface area (Å²) in [5, 5.41) is 7.79. The number of methoxy groups -OCH3 is 2. The highest BCUT2D eigenvalue weighted by Gasteiger charge is 2.36. The monoisotopic (exact) mass is 445 g/mol. The normalized spacial score (nSPS) is 17.0. The molecule has 0 aliphatic carbocycles. The van der Waals surface area contributed by atoms with Crippen LogP contribution in [0.25, 0.3) is 0 Å². The van der Waals surface area contributed by atoms with Crippen molar-refractivity contribution in [3.63, 3.8) is 0 Å². The molecule has 7 heteroatoms. The van der Waals surface area contributed by atoms with Crippen molar-refractivity contribution in [1.82, 2.24) is 10.6 Å². The Bertz CT molecular complexity index is 897. The molecule has 0 bridgehead atoms. The first-order valence-corrected chi connectivity index (χ1v) is 10.9. The molecular weight excluding hydrogens is 414 g/mol. The lowest BCUT2D eigenvalue weighted by Crippen LogP contribution is -2.48. The molecule has 168 valence electrons. The van der Waals surface area contributed by atoms with Gasteiger partial charge in [0.25, 0.3) is 0 Å². The fourth-order valence-corrected chi connectivity index (χ4v) is 4.44. The van der Waals surface area contributed by atoms with Gasteiger partial charge < -0.3 is 24.8 Å². The lowest BCUT2D eigenvalue weighted by atomic mass is 9.74. The quantitative estimate of drug-likeness (QED) is 0.490. The topological polar surface area (TPSA) is 64.1 Å². The molecule has 1 atom stereocenters. The van der Waals surface area contributed by atoms with Crippen LogP contribution in [-0.4, -0.2) is 47.0 Å².